The fourth-order valence-electron chi connectivity index (χ4n) is 9.23. The molecule has 6 nitrogen and oxygen atoms in total. The van der Waals surface area contributed by atoms with Crippen molar-refractivity contribution >= 4 is 39.0 Å². The third-order valence-corrected chi connectivity index (χ3v) is 10.6. The Kier molecular flexibility index (Phi) is 3.22. The lowest BCUT2D eigenvalue weighted by molar-refractivity contribution is -0.740. The summed E-state index contributed by atoms with van der Waals surface area (Å²) in [6, 6.07) is 35.4. The molecule has 2 unspecified atom stereocenters. The molecule has 0 N–H and O–H groups in total. The van der Waals surface area contributed by atoms with Crippen molar-refractivity contribution in [2.24, 2.45) is 0 Å². The van der Waals surface area contributed by atoms with Crippen molar-refractivity contribution in [3.63, 3.8) is 0 Å². The van der Waals surface area contributed by atoms with Gasteiger partial charge < -0.3 is 9.64 Å². The molecule has 200 valence electrons. The van der Waals surface area contributed by atoms with E-state index >= 15 is 0 Å². The number of rotatable bonds is 0. The summed E-state index contributed by atoms with van der Waals surface area (Å²) in [5, 5.41) is 2.53. The molecule has 4 aromatic carbocycles. The number of para-hydroxylation sites is 1. The lowest BCUT2D eigenvalue weighted by Crippen LogP contribution is -2.70. The minimum absolute atomic E-state index is 0.0805. The van der Waals surface area contributed by atoms with E-state index in [1.165, 1.54) is 61.0 Å². The third-order valence-electron chi connectivity index (χ3n) is 10.6. The molecule has 0 radical (unpaired) electrons. The monoisotopic (exact) mass is 552 g/mol. The van der Waals surface area contributed by atoms with Crippen molar-refractivity contribution in [2.45, 2.75) is 11.7 Å². The van der Waals surface area contributed by atoms with Crippen molar-refractivity contribution in [1.82, 2.24) is 9.55 Å². The van der Waals surface area contributed by atoms with E-state index in [9.17, 15) is 0 Å². The van der Waals surface area contributed by atoms with Crippen LogP contribution in [0.25, 0.3) is 49.9 Å². The van der Waals surface area contributed by atoms with Gasteiger partial charge in [0.05, 0.1) is 34.3 Å². The van der Waals surface area contributed by atoms with Crippen molar-refractivity contribution in [3.05, 3.63) is 121 Å². The maximum absolute atomic E-state index is 6.88. The van der Waals surface area contributed by atoms with E-state index in [2.05, 4.69) is 123 Å². The first-order valence-electron chi connectivity index (χ1n) is 14.8. The van der Waals surface area contributed by atoms with Gasteiger partial charge in [0.2, 0.25) is 5.54 Å². The Balaban J connectivity index is 1.39. The van der Waals surface area contributed by atoms with Crippen LogP contribution in [0, 0.1) is 0 Å². The highest BCUT2D eigenvalue weighted by atomic mass is 16.5. The Morgan fingerprint density at radius 1 is 0.698 bits per heavy atom. The molecule has 1 spiro atoms. The number of pyridine rings is 2. The Morgan fingerprint density at radius 2 is 1.47 bits per heavy atom. The normalized spacial score (nSPS) is 20.2. The van der Waals surface area contributed by atoms with Crippen molar-refractivity contribution in [1.29, 1.82) is 0 Å². The summed E-state index contributed by atoms with van der Waals surface area (Å²) in [6.07, 6.45) is 4.12. The van der Waals surface area contributed by atoms with E-state index in [-0.39, 0.29) is 6.17 Å². The van der Waals surface area contributed by atoms with Gasteiger partial charge >= 0.3 is 0 Å². The standard InChI is InChI=1S/C37H22N5O/c1-39-27-14-6-18-38-34(27)41-26-13-5-15-28-30(26)37(36(39)41)31-29(43-28)17-16-24-23-11-4-10-22-20-8-2-3-9-21(20)25-12-7-19-40(37)35(25)42(32(22)23)33(24)31/h2-19,36H,1H3/q+1. The second kappa shape index (κ2) is 6.55. The van der Waals surface area contributed by atoms with Crippen LogP contribution in [0.15, 0.2) is 109 Å². The van der Waals surface area contributed by atoms with Gasteiger partial charge in [-0.1, -0.05) is 42.5 Å². The second-order valence-electron chi connectivity index (χ2n) is 12.3. The molecule has 5 aliphatic heterocycles. The minimum Gasteiger partial charge on any atom is -0.456 e. The summed E-state index contributed by atoms with van der Waals surface area (Å²) < 4.78 is 12.0. The molecular weight excluding hydrogens is 530 g/mol. The van der Waals surface area contributed by atoms with Crippen molar-refractivity contribution < 1.29 is 9.30 Å². The number of ether oxygens (including phenoxy) is 1. The maximum Gasteiger partial charge on any atom is 0.296 e. The van der Waals surface area contributed by atoms with Crippen LogP contribution in [0.1, 0.15) is 11.1 Å². The van der Waals surface area contributed by atoms with E-state index in [1.807, 2.05) is 12.3 Å². The van der Waals surface area contributed by atoms with Crippen LogP contribution < -0.4 is 19.1 Å². The van der Waals surface area contributed by atoms with Crippen molar-refractivity contribution in [2.75, 3.05) is 16.8 Å². The topological polar surface area (TPSA) is 37.4 Å². The number of anilines is 3. The Morgan fingerprint density at radius 3 is 2.40 bits per heavy atom. The molecule has 0 aliphatic carbocycles. The highest BCUT2D eigenvalue weighted by Crippen LogP contribution is 2.66. The van der Waals surface area contributed by atoms with Crippen molar-refractivity contribution in [3.8, 4) is 39.6 Å². The van der Waals surface area contributed by atoms with E-state index in [4.69, 9.17) is 9.72 Å². The third kappa shape index (κ3) is 1.98. The van der Waals surface area contributed by atoms with E-state index in [0.717, 1.165) is 28.7 Å². The highest BCUT2D eigenvalue weighted by Gasteiger charge is 2.69. The summed E-state index contributed by atoms with van der Waals surface area (Å²) in [4.78, 5) is 9.84. The van der Waals surface area contributed by atoms with E-state index in [0.29, 0.717) is 0 Å². The van der Waals surface area contributed by atoms with Gasteiger partial charge in [0.15, 0.2) is 17.5 Å². The second-order valence-corrected chi connectivity index (χ2v) is 12.3. The average Bonchev–Trinajstić information content (AvgIpc) is 3.63. The first-order chi connectivity index (χ1) is 21.3. The van der Waals surface area contributed by atoms with Gasteiger partial charge in [0.1, 0.15) is 17.0 Å². The first kappa shape index (κ1) is 21.1. The summed E-state index contributed by atoms with van der Waals surface area (Å²) >= 11 is 0. The molecule has 0 fully saturated rings. The molecule has 7 aromatic rings. The van der Waals surface area contributed by atoms with Gasteiger partial charge in [-0.05, 0) is 65.7 Å². The van der Waals surface area contributed by atoms with Gasteiger partial charge in [-0.15, -0.1) is 0 Å². The quantitative estimate of drug-likeness (QED) is 0.186. The molecule has 0 saturated heterocycles. The van der Waals surface area contributed by atoms with Gasteiger partial charge in [-0.3, -0.25) is 4.90 Å². The number of nitrogens with zero attached hydrogens (tertiary/aromatic N) is 5. The zero-order valence-electron chi connectivity index (χ0n) is 23.1. The van der Waals surface area contributed by atoms with Crippen LogP contribution in [-0.4, -0.2) is 22.8 Å². The zero-order valence-corrected chi connectivity index (χ0v) is 23.1. The molecule has 0 amide bonds. The van der Waals surface area contributed by atoms with Crippen LogP contribution in [0.3, 0.4) is 0 Å². The lowest BCUT2D eigenvalue weighted by atomic mass is 9.76. The fourth-order valence-corrected chi connectivity index (χ4v) is 9.23. The SMILES string of the molecule is CN1c2cccnc2N2c3cccc4c3C3(c5c(ccc6c7cccc8c7n(c56)-c5c(ccc[n+]53)-c3ccccc3-8)O4)C12. The highest BCUT2D eigenvalue weighted by molar-refractivity contribution is 6.18. The Bertz CT molecular complexity index is 2490. The molecule has 5 aliphatic rings. The van der Waals surface area contributed by atoms with E-state index in [1.54, 1.807) is 0 Å². The van der Waals surface area contributed by atoms with Crippen LogP contribution in [0.2, 0.25) is 0 Å². The average molecular weight is 553 g/mol. The number of likely N-dealkylation sites (N-methyl/N-ethyl adjacent to an activating group) is 1. The number of aromatic nitrogens is 3. The molecule has 43 heavy (non-hydrogen) atoms. The Hall–Kier alpha value is -5.62. The summed E-state index contributed by atoms with van der Waals surface area (Å²) in [5.41, 5.74) is 11.6. The van der Waals surface area contributed by atoms with Gasteiger partial charge in [-0.2, -0.15) is 4.57 Å². The van der Waals surface area contributed by atoms with Crippen LogP contribution in [0.4, 0.5) is 17.2 Å². The molecule has 6 heteroatoms. The molecule has 8 heterocycles. The smallest absolute Gasteiger partial charge is 0.296 e. The molecule has 0 bridgehead atoms. The van der Waals surface area contributed by atoms with Crippen LogP contribution in [0.5, 0.6) is 11.5 Å². The molecule has 2 atom stereocenters. The van der Waals surface area contributed by atoms with Crippen LogP contribution in [-0.2, 0) is 5.54 Å². The lowest BCUT2D eigenvalue weighted by Gasteiger charge is -2.43. The van der Waals surface area contributed by atoms with Crippen LogP contribution >= 0.6 is 0 Å². The molecule has 12 rings (SSSR count). The summed E-state index contributed by atoms with van der Waals surface area (Å²) in [5.74, 6) is 4.02. The maximum atomic E-state index is 6.88. The molecule has 3 aromatic heterocycles. The number of benzene rings is 4. The number of fused-ring (bicyclic) bond motifs is 8. The van der Waals surface area contributed by atoms with Gasteiger partial charge in [0, 0.05) is 29.6 Å². The predicted octanol–water partition coefficient (Wildman–Crippen LogP) is 7.25. The minimum atomic E-state index is -0.594. The van der Waals surface area contributed by atoms with E-state index < -0.39 is 5.54 Å². The molecule has 0 saturated carbocycles. The largest absolute Gasteiger partial charge is 0.456 e. The molecular formula is C37H22N5O+. The first-order valence-corrected chi connectivity index (χ1v) is 14.8. The summed E-state index contributed by atoms with van der Waals surface area (Å²) in [7, 11) is 2.22. The predicted molar refractivity (Wildman–Crippen MR) is 167 cm³/mol. The Labute approximate surface area is 246 Å². The summed E-state index contributed by atoms with van der Waals surface area (Å²) in [6.45, 7) is 0. The number of hydrogen-bond acceptors (Lipinski definition) is 4. The van der Waals surface area contributed by atoms with Gasteiger partial charge in [0.25, 0.3) is 5.82 Å². The number of hydrogen-bond donors (Lipinski definition) is 0. The van der Waals surface area contributed by atoms with Gasteiger partial charge in [-0.25, -0.2) is 9.55 Å². The zero-order chi connectivity index (χ0) is 27.8. The fraction of sp³-hybridized carbons (Fsp3) is 0.0811.